The van der Waals surface area contributed by atoms with E-state index in [1.54, 1.807) is 18.6 Å². The Kier molecular flexibility index (Phi) is 2.04. The van der Waals surface area contributed by atoms with E-state index in [4.69, 9.17) is 0 Å². The second-order valence-corrected chi connectivity index (χ2v) is 4.39. The second-order valence-electron chi connectivity index (χ2n) is 3.28. The van der Waals surface area contributed by atoms with Gasteiger partial charge in [0.2, 0.25) is 0 Å². The molecule has 0 aliphatic heterocycles. The van der Waals surface area contributed by atoms with Crippen LogP contribution in [0.5, 0.6) is 0 Å². The highest BCUT2D eigenvalue weighted by molar-refractivity contribution is 7.17. The van der Waals surface area contributed by atoms with Gasteiger partial charge in [0.15, 0.2) is 6.29 Å². The third kappa shape index (κ3) is 1.33. The molecule has 1 N–H and O–H groups in total. The van der Waals surface area contributed by atoms with Crippen molar-refractivity contribution in [2.75, 3.05) is 0 Å². The van der Waals surface area contributed by atoms with Crippen LogP contribution in [0.3, 0.4) is 0 Å². The fourth-order valence-corrected chi connectivity index (χ4v) is 2.41. The summed E-state index contributed by atoms with van der Waals surface area (Å²) in [5.74, 6) is 0. The minimum atomic E-state index is 0. The first kappa shape index (κ1) is 9.23. The molecule has 0 saturated carbocycles. The lowest BCUT2D eigenvalue weighted by Gasteiger charge is -1.96. The smallest absolute Gasteiger partial charge is 0.160 e. The molecule has 0 radical (unpaired) electrons. The number of rotatable bonds is 2. The van der Waals surface area contributed by atoms with Crippen LogP contribution in [0.2, 0.25) is 0 Å². The SMILES string of the molecule is O=Cc1ccc(-c2nccc3[nH]cnc23)s1.[HH]. The third-order valence-electron chi connectivity index (χ3n) is 2.31. The first-order valence-electron chi connectivity index (χ1n) is 4.72. The average Bonchev–Trinajstić information content (AvgIpc) is 2.97. The van der Waals surface area contributed by atoms with Crippen molar-refractivity contribution in [1.29, 1.82) is 0 Å². The Morgan fingerprint density at radius 1 is 1.31 bits per heavy atom. The summed E-state index contributed by atoms with van der Waals surface area (Å²) in [6.07, 6.45) is 4.22. The van der Waals surface area contributed by atoms with Gasteiger partial charge in [-0.15, -0.1) is 11.3 Å². The Bertz CT molecular complexity index is 661. The third-order valence-corrected chi connectivity index (χ3v) is 3.33. The van der Waals surface area contributed by atoms with Gasteiger partial charge in [0, 0.05) is 7.62 Å². The minimum absolute atomic E-state index is 0. The lowest BCUT2D eigenvalue weighted by molar-refractivity contribution is 0.112. The highest BCUT2D eigenvalue weighted by atomic mass is 32.1. The molecular formula is C11H9N3OS. The number of hydrogen-bond acceptors (Lipinski definition) is 4. The van der Waals surface area contributed by atoms with Crippen molar-refractivity contribution in [2.45, 2.75) is 0 Å². The van der Waals surface area contributed by atoms with E-state index in [0.29, 0.717) is 4.88 Å². The molecule has 4 nitrogen and oxygen atoms in total. The number of hydrogen-bond donors (Lipinski definition) is 1. The maximum absolute atomic E-state index is 10.6. The zero-order valence-electron chi connectivity index (χ0n) is 8.18. The normalized spacial score (nSPS) is 10.8. The molecule has 3 heterocycles. The molecule has 0 spiro atoms. The van der Waals surface area contributed by atoms with Crippen molar-refractivity contribution in [2.24, 2.45) is 0 Å². The summed E-state index contributed by atoms with van der Waals surface area (Å²) in [6, 6.07) is 5.56. The van der Waals surface area contributed by atoms with Crippen molar-refractivity contribution in [1.82, 2.24) is 15.0 Å². The maximum Gasteiger partial charge on any atom is 0.160 e. The Labute approximate surface area is 96.5 Å². The molecule has 3 aromatic rings. The molecule has 0 saturated heterocycles. The van der Waals surface area contributed by atoms with Crippen molar-refractivity contribution in [3.8, 4) is 10.6 Å². The van der Waals surface area contributed by atoms with Gasteiger partial charge in [0.05, 0.1) is 21.6 Å². The number of nitrogens with zero attached hydrogens (tertiary/aromatic N) is 2. The van der Waals surface area contributed by atoms with E-state index in [0.717, 1.165) is 27.9 Å². The van der Waals surface area contributed by atoms with Crippen LogP contribution in [0.1, 0.15) is 11.1 Å². The number of aromatic nitrogens is 3. The standard InChI is InChI=1S/C11H7N3OS.H2/c15-5-7-1-2-9(16-7)11-10-8(3-4-12-11)13-6-14-10;/h1-6H,(H,13,14);1H. The van der Waals surface area contributed by atoms with Gasteiger partial charge in [-0.05, 0) is 18.2 Å². The lowest BCUT2D eigenvalue weighted by atomic mass is 10.2. The van der Waals surface area contributed by atoms with Gasteiger partial charge in [0.1, 0.15) is 11.2 Å². The summed E-state index contributed by atoms with van der Waals surface area (Å²) in [6.45, 7) is 0. The van der Waals surface area contributed by atoms with Crippen molar-refractivity contribution in [3.05, 3.63) is 35.6 Å². The number of aldehydes is 1. The van der Waals surface area contributed by atoms with Crippen LogP contribution in [-0.4, -0.2) is 21.2 Å². The molecule has 0 unspecified atom stereocenters. The fraction of sp³-hybridized carbons (Fsp3) is 0. The molecule has 80 valence electrons. The van der Waals surface area contributed by atoms with Gasteiger partial charge < -0.3 is 4.98 Å². The predicted molar refractivity (Wildman–Crippen MR) is 64.7 cm³/mol. The number of thiophene rings is 1. The zero-order valence-corrected chi connectivity index (χ0v) is 8.99. The Hall–Kier alpha value is -2.01. The molecule has 3 rings (SSSR count). The summed E-state index contributed by atoms with van der Waals surface area (Å²) in [5.41, 5.74) is 2.60. The summed E-state index contributed by atoms with van der Waals surface area (Å²) < 4.78 is 0. The lowest BCUT2D eigenvalue weighted by Crippen LogP contribution is -1.81. The van der Waals surface area contributed by atoms with Gasteiger partial charge in [0.25, 0.3) is 0 Å². The van der Waals surface area contributed by atoms with Crippen LogP contribution >= 0.6 is 11.3 Å². The van der Waals surface area contributed by atoms with E-state index in [-0.39, 0.29) is 1.43 Å². The van der Waals surface area contributed by atoms with Gasteiger partial charge >= 0.3 is 0 Å². The van der Waals surface area contributed by atoms with E-state index in [1.165, 1.54) is 11.3 Å². The zero-order chi connectivity index (χ0) is 11.0. The molecule has 0 aliphatic carbocycles. The molecule has 0 atom stereocenters. The Morgan fingerprint density at radius 3 is 3.06 bits per heavy atom. The van der Waals surface area contributed by atoms with Crippen molar-refractivity contribution < 1.29 is 6.22 Å². The van der Waals surface area contributed by atoms with Gasteiger partial charge in [-0.2, -0.15) is 0 Å². The first-order chi connectivity index (χ1) is 7.88. The number of carbonyl (C=O) groups is 1. The van der Waals surface area contributed by atoms with E-state index < -0.39 is 0 Å². The molecule has 16 heavy (non-hydrogen) atoms. The van der Waals surface area contributed by atoms with Gasteiger partial charge in [-0.25, -0.2) is 4.98 Å². The van der Waals surface area contributed by atoms with Crippen LogP contribution in [0, 0.1) is 0 Å². The van der Waals surface area contributed by atoms with Crippen molar-refractivity contribution >= 4 is 28.7 Å². The van der Waals surface area contributed by atoms with Crippen LogP contribution in [-0.2, 0) is 0 Å². The summed E-state index contributed by atoms with van der Waals surface area (Å²) in [4.78, 5) is 23.9. The quantitative estimate of drug-likeness (QED) is 0.690. The number of fused-ring (bicyclic) bond motifs is 1. The summed E-state index contributed by atoms with van der Waals surface area (Å²) in [5, 5.41) is 0. The largest absolute Gasteiger partial charge is 0.344 e. The molecule has 0 bridgehead atoms. The van der Waals surface area contributed by atoms with Gasteiger partial charge in [-0.3, -0.25) is 9.78 Å². The van der Waals surface area contributed by atoms with Crippen LogP contribution in [0.25, 0.3) is 21.6 Å². The number of aromatic amines is 1. The van der Waals surface area contributed by atoms with E-state index in [9.17, 15) is 4.79 Å². The van der Waals surface area contributed by atoms with E-state index in [1.807, 2.05) is 12.1 Å². The highest BCUT2D eigenvalue weighted by Crippen LogP contribution is 2.29. The summed E-state index contributed by atoms with van der Waals surface area (Å²) in [7, 11) is 0. The molecule has 0 aliphatic rings. The van der Waals surface area contributed by atoms with Crippen LogP contribution in [0.15, 0.2) is 30.7 Å². The fourth-order valence-electron chi connectivity index (χ4n) is 1.59. The average molecular weight is 231 g/mol. The minimum Gasteiger partial charge on any atom is -0.344 e. The number of pyridine rings is 1. The monoisotopic (exact) mass is 231 g/mol. The molecule has 0 amide bonds. The van der Waals surface area contributed by atoms with Gasteiger partial charge in [-0.1, -0.05) is 0 Å². The van der Waals surface area contributed by atoms with E-state index in [2.05, 4.69) is 15.0 Å². The molecule has 5 heteroatoms. The highest BCUT2D eigenvalue weighted by Gasteiger charge is 2.09. The first-order valence-corrected chi connectivity index (χ1v) is 5.53. The van der Waals surface area contributed by atoms with Crippen LogP contribution < -0.4 is 0 Å². The molecule has 0 aromatic carbocycles. The number of nitrogens with one attached hydrogen (secondary N) is 1. The Balaban J connectivity index is 0.00000108. The molecule has 0 fully saturated rings. The Morgan fingerprint density at radius 2 is 2.25 bits per heavy atom. The number of imidazole rings is 1. The maximum atomic E-state index is 10.6. The number of H-pyrrole nitrogens is 1. The second kappa shape index (κ2) is 3.53. The van der Waals surface area contributed by atoms with Crippen LogP contribution in [0.4, 0.5) is 0 Å². The molecular weight excluding hydrogens is 222 g/mol. The van der Waals surface area contributed by atoms with Crippen molar-refractivity contribution in [3.63, 3.8) is 0 Å². The molecule has 3 aromatic heterocycles. The van der Waals surface area contributed by atoms with E-state index >= 15 is 0 Å². The number of carbonyl (C=O) groups excluding carboxylic acids is 1. The predicted octanol–water partition coefficient (Wildman–Crippen LogP) is 2.74. The summed E-state index contributed by atoms with van der Waals surface area (Å²) >= 11 is 1.42. The topological polar surface area (TPSA) is 58.6 Å².